The second kappa shape index (κ2) is 7.80. The van der Waals surface area contributed by atoms with Crippen molar-refractivity contribution in [3.63, 3.8) is 0 Å². The van der Waals surface area contributed by atoms with E-state index in [4.69, 9.17) is 9.05 Å². The first-order valence-electron chi connectivity index (χ1n) is 5.09. The third kappa shape index (κ3) is 6.61. The maximum absolute atomic E-state index is 11.9. The molecular weight excluding hydrogens is 215 g/mol. The summed E-state index contributed by atoms with van der Waals surface area (Å²) in [4.78, 5) is 10.3. The van der Waals surface area contributed by atoms with E-state index >= 15 is 0 Å². The fourth-order valence-electron chi connectivity index (χ4n) is 0.943. The zero-order valence-electron chi connectivity index (χ0n) is 9.51. The number of carbonyl (C=O) groups is 1. The van der Waals surface area contributed by atoms with Crippen molar-refractivity contribution in [2.45, 2.75) is 27.2 Å². The minimum atomic E-state index is -3.08. The van der Waals surface area contributed by atoms with Crippen molar-refractivity contribution in [1.29, 1.82) is 0 Å². The molecule has 88 valence electrons. The maximum atomic E-state index is 11.9. The average Bonchev–Trinajstić information content (AvgIpc) is 2.18. The molecule has 0 aromatic heterocycles. The van der Waals surface area contributed by atoms with Crippen LogP contribution in [-0.2, 0) is 18.4 Å². The van der Waals surface area contributed by atoms with Crippen LogP contribution in [0, 0.1) is 5.92 Å². The lowest BCUT2D eigenvalue weighted by Crippen LogP contribution is -1.94. The van der Waals surface area contributed by atoms with Crippen molar-refractivity contribution in [1.82, 2.24) is 0 Å². The first-order valence-corrected chi connectivity index (χ1v) is 6.71. The maximum Gasteiger partial charge on any atom is 0.353 e. The van der Waals surface area contributed by atoms with E-state index in [0.717, 1.165) is 6.29 Å². The molecule has 0 amide bonds. The lowest BCUT2D eigenvalue weighted by molar-refractivity contribution is -0.110. The highest BCUT2D eigenvalue weighted by Crippen LogP contribution is 2.49. The Kier molecular flexibility index (Phi) is 7.57. The van der Waals surface area contributed by atoms with Gasteiger partial charge in [-0.3, -0.25) is 4.57 Å². The van der Waals surface area contributed by atoms with Crippen molar-refractivity contribution in [2.24, 2.45) is 5.92 Å². The lowest BCUT2D eigenvalue weighted by Gasteiger charge is -2.12. The lowest BCUT2D eigenvalue weighted by atomic mass is 10.1. The van der Waals surface area contributed by atoms with Gasteiger partial charge in [0.2, 0.25) is 0 Å². The Morgan fingerprint density at radius 3 is 2.20 bits per heavy atom. The number of carbonyl (C=O) groups excluding carboxylic acids is 1. The Hall–Kier alpha value is -0.440. The SMILES string of the molecule is CCOP(=O)(C=CCC(C)C=O)OCC. The molecule has 5 heteroatoms. The van der Waals surface area contributed by atoms with Crippen LogP contribution < -0.4 is 0 Å². The predicted octanol–water partition coefficient (Wildman–Crippen LogP) is 2.99. The second-order valence-electron chi connectivity index (χ2n) is 3.11. The van der Waals surface area contributed by atoms with Crippen LogP contribution in [-0.4, -0.2) is 19.5 Å². The molecule has 0 heterocycles. The monoisotopic (exact) mass is 234 g/mol. The van der Waals surface area contributed by atoms with E-state index in [1.807, 2.05) is 0 Å². The topological polar surface area (TPSA) is 52.6 Å². The summed E-state index contributed by atoms with van der Waals surface area (Å²) in [5.41, 5.74) is 0. The molecule has 0 spiro atoms. The highest BCUT2D eigenvalue weighted by molar-refractivity contribution is 7.57. The summed E-state index contributed by atoms with van der Waals surface area (Å²) in [5.74, 6) is 1.36. The molecule has 0 aliphatic rings. The molecule has 0 bridgehead atoms. The fraction of sp³-hybridized carbons (Fsp3) is 0.700. The van der Waals surface area contributed by atoms with E-state index in [1.54, 1.807) is 26.8 Å². The van der Waals surface area contributed by atoms with E-state index in [-0.39, 0.29) is 5.92 Å². The van der Waals surface area contributed by atoms with Gasteiger partial charge in [-0.2, -0.15) is 0 Å². The number of allylic oxidation sites excluding steroid dienone is 1. The molecule has 1 atom stereocenters. The minimum Gasteiger partial charge on any atom is -0.306 e. The van der Waals surface area contributed by atoms with E-state index in [9.17, 15) is 9.36 Å². The van der Waals surface area contributed by atoms with Gasteiger partial charge in [0.05, 0.1) is 13.2 Å². The normalized spacial score (nSPS) is 14.3. The van der Waals surface area contributed by atoms with Crippen molar-refractivity contribution in [3.05, 3.63) is 11.9 Å². The van der Waals surface area contributed by atoms with Crippen LogP contribution in [0.15, 0.2) is 11.9 Å². The molecule has 0 aliphatic carbocycles. The molecule has 0 saturated heterocycles. The summed E-state index contributed by atoms with van der Waals surface area (Å²) in [5, 5.41) is 0. The molecule has 0 fully saturated rings. The van der Waals surface area contributed by atoms with Crippen LogP contribution >= 0.6 is 7.60 Å². The standard InChI is InChI=1S/C10H19O4P/c1-4-13-15(12,14-5-2)8-6-7-10(3)9-11/h6,8-10H,4-5,7H2,1-3H3. The van der Waals surface area contributed by atoms with Gasteiger partial charge in [-0.15, -0.1) is 0 Å². The Balaban J connectivity index is 4.27. The highest BCUT2D eigenvalue weighted by Gasteiger charge is 2.18. The Morgan fingerprint density at radius 2 is 1.80 bits per heavy atom. The van der Waals surface area contributed by atoms with E-state index in [0.29, 0.717) is 19.6 Å². The molecule has 0 aromatic rings. The Morgan fingerprint density at radius 1 is 1.27 bits per heavy atom. The molecule has 4 nitrogen and oxygen atoms in total. The molecule has 0 rings (SSSR count). The van der Waals surface area contributed by atoms with Crippen molar-refractivity contribution in [3.8, 4) is 0 Å². The second-order valence-corrected chi connectivity index (χ2v) is 5.00. The molecule has 0 N–H and O–H groups in total. The van der Waals surface area contributed by atoms with Gasteiger partial charge in [-0.1, -0.05) is 13.0 Å². The van der Waals surface area contributed by atoms with Crippen molar-refractivity contribution in [2.75, 3.05) is 13.2 Å². The third-order valence-corrected chi connectivity index (χ3v) is 3.46. The molecule has 0 saturated carbocycles. The van der Waals surface area contributed by atoms with E-state index in [2.05, 4.69) is 0 Å². The summed E-state index contributed by atoms with van der Waals surface area (Å²) in [6, 6.07) is 0. The van der Waals surface area contributed by atoms with Gasteiger partial charge >= 0.3 is 7.60 Å². The van der Waals surface area contributed by atoms with Crippen molar-refractivity contribution >= 4 is 13.9 Å². The van der Waals surface area contributed by atoms with Gasteiger partial charge < -0.3 is 13.8 Å². The number of hydrogen-bond donors (Lipinski definition) is 0. The largest absolute Gasteiger partial charge is 0.353 e. The van der Waals surface area contributed by atoms with Crippen LogP contribution in [0.3, 0.4) is 0 Å². The third-order valence-electron chi connectivity index (χ3n) is 1.65. The van der Waals surface area contributed by atoms with Gasteiger partial charge in [0.15, 0.2) is 0 Å². The molecule has 0 radical (unpaired) electrons. The Bertz CT molecular complexity index is 240. The summed E-state index contributed by atoms with van der Waals surface area (Å²) >= 11 is 0. The summed E-state index contributed by atoms with van der Waals surface area (Å²) in [6.45, 7) is 5.99. The van der Waals surface area contributed by atoms with Crippen LogP contribution in [0.5, 0.6) is 0 Å². The molecule has 0 aromatic carbocycles. The van der Waals surface area contributed by atoms with Gasteiger partial charge in [-0.25, -0.2) is 0 Å². The molecule has 15 heavy (non-hydrogen) atoms. The minimum absolute atomic E-state index is 0.0713. The van der Waals surface area contributed by atoms with Gasteiger partial charge in [0, 0.05) is 11.7 Å². The molecule has 0 aliphatic heterocycles. The van der Waals surface area contributed by atoms with Crippen LogP contribution in [0.2, 0.25) is 0 Å². The first-order chi connectivity index (χ1) is 7.08. The molecular formula is C10H19O4P. The van der Waals surface area contributed by atoms with E-state index in [1.165, 1.54) is 5.82 Å². The van der Waals surface area contributed by atoms with Crippen molar-refractivity contribution < 1.29 is 18.4 Å². The zero-order valence-corrected chi connectivity index (χ0v) is 10.4. The van der Waals surface area contributed by atoms with Gasteiger partial charge in [0.25, 0.3) is 0 Å². The molecule has 1 unspecified atom stereocenters. The number of hydrogen-bond acceptors (Lipinski definition) is 4. The quantitative estimate of drug-likeness (QED) is 0.478. The van der Waals surface area contributed by atoms with E-state index < -0.39 is 7.60 Å². The van der Waals surface area contributed by atoms with Gasteiger partial charge in [0.1, 0.15) is 6.29 Å². The highest BCUT2D eigenvalue weighted by atomic mass is 31.2. The average molecular weight is 234 g/mol. The summed E-state index contributed by atoms with van der Waals surface area (Å²) in [7, 11) is -3.08. The smallest absolute Gasteiger partial charge is 0.306 e. The number of aldehydes is 1. The predicted molar refractivity (Wildman–Crippen MR) is 59.8 cm³/mol. The van der Waals surface area contributed by atoms with Gasteiger partial charge in [-0.05, 0) is 20.3 Å². The summed E-state index contributed by atoms with van der Waals surface area (Å²) < 4.78 is 22.0. The fourth-order valence-corrected chi connectivity index (χ4v) is 2.29. The Labute approximate surface area is 91.2 Å². The number of rotatable bonds is 8. The first kappa shape index (κ1) is 14.6. The van der Waals surface area contributed by atoms with Crippen LogP contribution in [0.4, 0.5) is 0 Å². The summed E-state index contributed by atoms with van der Waals surface area (Å²) in [6.07, 6.45) is 3.08. The van der Waals surface area contributed by atoms with Crippen LogP contribution in [0.1, 0.15) is 27.2 Å². The zero-order chi connectivity index (χ0) is 11.7. The van der Waals surface area contributed by atoms with Crippen LogP contribution in [0.25, 0.3) is 0 Å².